The molecule has 3 N–H and O–H groups in total. The van der Waals surface area contributed by atoms with Gasteiger partial charge < -0.3 is 10.4 Å². The van der Waals surface area contributed by atoms with Crippen LogP contribution in [0.4, 0.5) is 11.8 Å². The number of aromatic nitrogens is 3. The zero-order chi connectivity index (χ0) is 18.8. The molecule has 2 aromatic rings. The van der Waals surface area contributed by atoms with Crippen LogP contribution < -0.4 is 10.4 Å². The van der Waals surface area contributed by atoms with Gasteiger partial charge in [-0.15, -0.1) is 11.3 Å². The van der Waals surface area contributed by atoms with E-state index in [1.54, 1.807) is 17.4 Å². The van der Waals surface area contributed by atoms with Crippen LogP contribution in [0.15, 0.2) is 6.58 Å². The summed E-state index contributed by atoms with van der Waals surface area (Å²) in [5, 5.41) is 24.4. The number of anilines is 2. The predicted octanol–water partition coefficient (Wildman–Crippen LogP) is 3.26. The second-order valence-corrected chi connectivity index (χ2v) is 7.76. The molecule has 26 heavy (non-hydrogen) atoms. The Morgan fingerprint density at radius 1 is 1.27 bits per heavy atom. The van der Waals surface area contributed by atoms with E-state index in [4.69, 9.17) is 0 Å². The summed E-state index contributed by atoms with van der Waals surface area (Å²) in [4.78, 5) is 14.6. The Morgan fingerprint density at radius 2 is 2.04 bits per heavy atom. The van der Waals surface area contributed by atoms with E-state index >= 15 is 0 Å². The van der Waals surface area contributed by atoms with Gasteiger partial charge in [0.1, 0.15) is 10.8 Å². The van der Waals surface area contributed by atoms with Crippen molar-refractivity contribution in [3.8, 4) is 10.6 Å². The SMILES string of the molecule is C=Cc1sc(-c2c(C)nc(N(C)O)nc2NC2CCC(CO)C2)nc1C. The molecule has 0 aliphatic heterocycles. The third kappa shape index (κ3) is 3.72. The molecule has 1 aliphatic rings. The lowest BCUT2D eigenvalue weighted by atomic mass is 10.1. The molecule has 0 saturated heterocycles. The molecule has 0 aromatic carbocycles. The highest BCUT2D eigenvalue weighted by molar-refractivity contribution is 7.16. The highest BCUT2D eigenvalue weighted by Gasteiger charge is 2.27. The quantitative estimate of drug-likeness (QED) is 0.667. The smallest absolute Gasteiger partial charge is 0.251 e. The maximum atomic E-state index is 9.78. The number of hydrogen-bond donors (Lipinski definition) is 3. The van der Waals surface area contributed by atoms with Crippen molar-refractivity contribution in [1.29, 1.82) is 0 Å². The van der Waals surface area contributed by atoms with Gasteiger partial charge in [0.05, 0.1) is 17.0 Å². The van der Waals surface area contributed by atoms with Crippen LogP contribution in [0.1, 0.15) is 35.5 Å². The summed E-state index contributed by atoms with van der Waals surface area (Å²) in [6, 6.07) is 0.233. The van der Waals surface area contributed by atoms with E-state index in [0.717, 1.165) is 51.2 Å². The molecule has 0 spiro atoms. The van der Waals surface area contributed by atoms with E-state index in [-0.39, 0.29) is 18.6 Å². The standard InChI is InChI=1S/C18H25N5O2S/c1-5-14-10(2)19-17(26-14)15-11(3)20-18(23(4)25)22-16(15)21-13-7-6-12(8-13)9-24/h5,12-13,24-25H,1,6-9H2,2-4H3,(H,20,21,22). The minimum Gasteiger partial charge on any atom is -0.396 e. The summed E-state index contributed by atoms with van der Waals surface area (Å²) in [5.74, 6) is 1.23. The van der Waals surface area contributed by atoms with Gasteiger partial charge in [-0.3, -0.25) is 5.21 Å². The number of hydroxylamine groups is 1. The predicted molar refractivity (Wildman–Crippen MR) is 105 cm³/mol. The fourth-order valence-corrected chi connectivity index (χ4v) is 4.35. The second kappa shape index (κ2) is 7.69. The van der Waals surface area contributed by atoms with Gasteiger partial charge in [0.2, 0.25) is 0 Å². The van der Waals surface area contributed by atoms with Crippen LogP contribution in [0.2, 0.25) is 0 Å². The second-order valence-electron chi connectivity index (χ2n) is 6.73. The molecule has 2 heterocycles. The van der Waals surface area contributed by atoms with Crippen LogP contribution in [0.5, 0.6) is 0 Å². The highest BCUT2D eigenvalue weighted by atomic mass is 32.1. The lowest BCUT2D eigenvalue weighted by molar-refractivity contribution is 0.229. The first-order chi connectivity index (χ1) is 12.4. The molecule has 0 radical (unpaired) electrons. The zero-order valence-electron chi connectivity index (χ0n) is 15.4. The Morgan fingerprint density at radius 3 is 2.62 bits per heavy atom. The number of nitrogens with zero attached hydrogens (tertiary/aromatic N) is 4. The molecule has 8 heteroatoms. The fraction of sp³-hybridized carbons (Fsp3) is 0.500. The minimum atomic E-state index is 0.215. The van der Waals surface area contributed by atoms with Crippen molar-refractivity contribution in [2.75, 3.05) is 24.0 Å². The molecule has 1 aliphatic carbocycles. The van der Waals surface area contributed by atoms with Gasteiger partial charge in [0.15, 0.2) is 0 Å². The highest BCUT2D eigenvalue weighted by Crippen LogP contribution is 2.37. The van der Waals surface area contributed by atoms with Crippen LogP contribution in [0.3, 0.4) is 0 Å². The van der Waals surface area contributed by atoms with Gasteiger partial charge >= 0.3 is 0 Å². The van der Waals surface area contributed by atoms with E-state index in [9.17, 15) is 10.3 Å². The number of hydrogen-bond acceptors (Lipinski definition) is 8. The van der Waals surface area contributed by atoms with Crippen LogP contribution >= 0.6 is 11.3 Å². The van der Waals surface area contributed by atoms with Crippen molar-refractivity contribution in [2.45, 2.75) is 39.2 Å². The van der Waals surface area contributed by atoms with Crippen LogP contribution in [-0.4, -0.2) is 45.0 Å². The van der Waals surface area contributed by atoms with E-state index in [1.807, 2.05) is 13.8 Å². The Hall–Kier alpha value is -2.03. The summed E-state index contributed by atoms with van der Waals surface area (Å²) in [6.07, 6.45) is 4.68. The number of nitrogens with one attached hydrogen (secondary N) is 1. The summed E-state index contributed by atoms with van der Waals surface area (Å²) >= 11 is 1.55. The van der Waals surface area contributed by atoms with Gasteiger partial charge in [0, 0.05) is 24.6 Å². The maximum Gasteiger partial charge on any atom is 0.251 e. The van der Waals surface area contributed by atoms with Crippen molar-refractivity contribution < 1.29 is 10.3 Å². The number of rotatable bonds is 6. The minimum absolute atomic E-state index is 0.215. The van der Waals surface area contributed by atoms with Gasteiger partial charge in [-0.2, -0.15) is 4.98 Å². The third-order valence-electron chi connectivity index (χ3n) is 4.74. The molecule has 2 unspecified atom stereocenters. The van der Waals surface area contributed by atoms with Crippen molar-refractivity contribution >= 4 is 29.2 Å². The monoisotopic (exact) mass is 375 g/mol. The number of aliphatic hydroxyl groups excluding tert-OH is 1. The molecule has 2 aromatic heterocycles. The molecule has 140 valence electrons. The molecule has 1 saturated carbocycles. The lowest BCUT2D eigenvalue weighted by Gasteiger charge is -2.19. The van der Waals surface area contributed by atoms with Crippen LogP contribution in [0, 0.1) is 19.8 Å². The normalized spacial score (nSPS) is 19.6. The van der Waals surface area contributed by atoms with Crippen molar-refractivity contribution in [3.05, 3.63) is 22.8 Å². The average molecular weight is 375 g/mol. The average Bonchev–Trinajstić information content (AvgIpc) is 3.20. The van der Waals surface area contributed by atoms with Crippen LogP contribution in [0.25, 0.3) is 16.6 Å². The first-order valence-electron chi connectivity index (χ1n) is 8.71. The van der Waals surface area contributed by atoms with Gasteiger partial charge in [-0.1, -0.05) is 12.7 Å². The van der Waals surface area contributed by atoms with Crippen molar-refractivity contribution in [3.63, 3.8) is 0 Å². The number of aryl methyl sites for hydroxylation is 2. The third-order valence-corrected chi connectivity index (χ3v) is 5.91. The van der Waals surface area contributed by atoms with Gasteiger partial charge in [0.25, 0.3) is 5.95 Å². The Bertz CT molecular complexity index is 805. The molecule has 3 rings (SSSR count). The fourth-order valence-electron chi connectivity index (χ4n) is 3.33. The number of aliphatic hydroxyl groups is 1. The summed E-state index contributed by atoms with van der Waals surface area (Å²) in [6.45, 7) is 7.91. The molecule has 1 fully saturated rings. The maximum absolute atomic E-state index is 9.78. The molecular weight excluding hydrogens is 350 g/mol. The Balaban J connectivity index is 2.02. The summed E-state index contributed by atoms with van der Waals surface area (Å²) in [7, 11) is 1.50. The molecule has 0 amide bonds. The Labute approximate surface area is 157 Å². The summed E-state index contributed by atoms with van der Waals surface area (Å²) in [5.41, 5.74) is 2.53. The molecule has 0 bridgehead atoms. The lowest BCUT2D eigenvalue weighted by Crippen LogP contribution is -2.21. The van der Waals surface area contributed by atoms with Crippen molar-refractivity contribution in [2.24, 2.45) is 5.92 Å². The van der Waals surface area contributed by atoms with Crippen LogP contribution in [-0.2, 0) is 0 Å². The Kier molecular flexibility index (Phi) is 5.55. The van der Waals surface area contributed by atoms with E-state index in [2.05, 4.69) is 26.8 Å². The van der Waals surface area contributed by atoms with Gasteiger partial charge in [-0.25, -0.2) is 15.0 Å². The number of thiazole rings is 1. The molecule has 2 atom stereocenters. The molecule has 7 nitrogen and oxygen atoms in total. The summed E-state index contributed by atoms with van der Waals surface area (Å²) < 4.78 is 0. The van der Waals surface area contributed by atoms with E-state index in [1.165, 1.54) is 7.05 Å². The first kappa shape index (κ1) is 18.8. The largest absolute Gasteiger partial charge is 0.396 e. The van der Waals surface area contributed by atoms with E-state index < -0.39 is 0 Å². The van der Waals surface area contributed by atoms with Gasteiger partial charge in [-0.05, 0) is 39.0 Å². The zero-order valence-corrected chi connectivity index (χ0v) is 16.2. The van der Waals surface area contributed by atoms with Crippen molar-refractivity contribution in [1.82, 2.24) is 15.0 Å². The first-order valence-corrected chi connectivity index (χ1v) is 9.53. The molecular formula is C18H25N5O2S. The van der Waals surface area contributed by atoms with E-state index in [0.29, 0.717) is 11.7 Å². The topological polar surface area (TPSA) is 94.4 Å².